The summed E-state index contributed by atoms with van der Waals surface area (Å²) in [5.41, 5.74) is 4.83. The van der Waals surface area contributed by atoms with Crippen LogP contribution in [0, 0.1) is 5.92 Å². The molecule has 0 aromatic heterocycles. The molecule has 0 bridgehead atoms. The molecule has 2 unspecified atom stereocenters. The SMILES string of the molecule is CCc1ccc(C(=O)C2CC2c2ccc(CC)cc2)cc1. The largest absolute Gasteiger partial charge is 0.294 e. The van der Waals surface area contributed by atoms with E-state index in [1.807, 2.05) is 12.1 Å². The fraction of sp³-hybridized carbons (Fsp3) is 0.350. The predicted octanol–water partition coefficient (Wildman–Crippen LogP) is 4.80. The molecule has 0 aliphatic heterocycles. The fourth-order valence-electron chi connectivity index (χ4n) is 2.97. The van der Waals surface area contributed by atoms with E-state index >= 15 is 0 Å². The molecule has 108 valence electrons. The molecule has 21 heavy (non-hydrogen) atoms. The highest BCUT2D eigenvalue weighted by molar-refractivity contribution is 6.00. The van der Waals surface area contributed by atoms with Gasteiger partial charge in [-0.25, -0.2) is 0 Å². The van der Waals surface area contributed by atoms with Crippen molar-refractivity contribution in [1.82, 2.24) is 0 Å². The van der Waals surface area contributed by atoms with Gasteiger partial charge >= 0.3 is 0 Å². The number of Topliss-reactive ketones (excluding diaryl/α,β-unsaturated/α-hetero) is 1. The van der Waals surface area contributed by atoms with Crippen molar-refractivity contribution in [2.45, 2.75) is 39.0 Å². The number of carbonyl (C=O) groups is 1. The minimum Gasteiger partial charge on any atom is -0.294 e. The van der Waals surface area contributed by atoms with Crippen molar-refractivity contribution in [2.24, 2.45) is 5.92 Å². The van der Waals surface area contributed by atoms with Gasteiger partial charge in [-0.1, -0.05) is 62.4 Å². The second-order valence-corrected chi connectivity index (χ2v) is 5.96. The first-order valence-corrected chi connectivity index (χ1v) is 7.95. The summed E-state index contributed by atoms with van der Waals surface area (Å²) < 4.78 is 0. The van der Waals surface area contributed by atoms with E-state index in [2.05, 4.69) is 50.2 Å². The van der Waals surface area contributed by atoms with E-state index in [9.17, 15) is 4.79 Å². The summed E-state index contributed by atoms with van der Waals surface area (Å²) in [6.07, 6.45) is 3.08. The van der Waals surface area contributed by atoms with Crippen molar-refractivity contribution in [3.8, 4) is 0 Å². The van der Waals surface area contributed by atoms with Crippen molar-refractivity contribution in [3.63, 3.8) is 0 Å². The molecule has 3 rings (SSSR count). The molecule has 2 atom stereocenters. The lowest BCUT2D eigenvalue weighted by molar-refractivity contribution is 0.0965. The van der Waals surface area contributed by atoms with Crippen molar-refractivity contribution >= 4 is 5.78 Å². The lowest BCUT2D eigenvalue weighted by atomic mass is 10.0. The van der Waals surface area contributed by atoms with Gasteiger partial charge in [0.2, 0.25) is 0 Å². The summed E-state index contributed by atoms with van der Waals surface area (Å²) in [4.78, 5) is 12.5. The van der Waals surface area contributed by atoms with Gasteiger partial charge in [0.1, 0.15) is 0 Å². The van der Waals surface area contributed by atoms with E-state index in [1.54, 1.807) is 0 Å². The Morgan fingerprint density at radius 1 is 0.905 bits per heavy atom. The van der Waals surface area contributed by atoms with Gasteiger partial charge in [0.25, 0.3) is 0 Å². The van der Waals surface area contributed by atoms with Gasteiger partial charge in [0.05, 0.1) is 0 Å². The summed E-state index contributed by atoms with van der Waals surface area (Å²) in [5.74, 6) is 0.918. The van der Waals surface area contributed by atoms with E-state index in [4.69, 9.17) is 0 Å². The maximum atomic E-state index is 12.5. The molecule has 1 aliphatic carbocycles. The van der Waals surface area contributed by atoms with E-state index in [0.717, 1.165) is 24.8 Å². The first-order valence-electron chi connectivity index (χ1n) is 7.95. The third-order valence-corrected chi connectivity index (χ3v) is 4.59. The minimum atomic E-state index is 0.185. The van der Waals surface area contributed by atoms with Crippen LogP contribution in [-0.2, 0) is 12.8 Å². The van der Waals surface area contributed by atoms with Crippen LogP contribution in [0.15, 0.2) is 48.5 Å². The molecule has 0 spiro atoms. The number of carbonyl (C=O) groups excluding carboxylic acids is 1. The van der Waals surface area contributed by atoms with Crippen molar-refractivity contribution in [2.75, 3.05) is 0 Å². The Balaban J connectivity index is 1.69. The second-order valence-electron chi connectivity index (χ2n) is 5.96. The second kappa shape index (κ2) is 5.85. The lowest BCUT2D eigenvalue weighted by Gasteiger charge is -2.04. The number of ketones is 1. The van der Waals surface area contributed by atoms with Crippen LogP contribution < -0.4 is 0 Å². The molecule has 0 saturated heterocycles. The highest BCUT2D eigenvalue weighted by atomic mass is 16.1. The Labute approximate surface area is 127 Å². The van der Waals surface area contributed by atoms with Crippen molar-refractivity contribution < 1.29 is 4.79 Å². The molecule has 1 aliphatic rings. The van der Waals surface area contributed by atoms with Crippen LogP contribution in [0.25, 0.3) is 0 Å². The van der Waals surface area contributed by atoms with E-state index in [1.165, 1.54) is 16.7 Å². The van der Waals surface area contributed by atoms with Crippen LogP contribution in [-0.4, -0.2) is 5.78 Å². The molecule has 1 nitrogen and oxygen atoms in total. The van der Waals surface area contributed by atoms with Gasteiger partial charge in [-0.15, -0.1) is 0 Å². The van der Waals surface area contributed by atoms with E-state index < -0.39 is 0 Å². The Hall–Kier alpha value is -1.89. The topological polar surface area (TPSA) is 17.1 Å². The Kier molecular flexibility index (Phi) is 3.92. The maximum Gasteiger partial charge on any atom is 0.166 e. The van der Waals surface area contributed by atoms with Crippen LogP contribution in [0.5, 0.6) is 0 Å². The number of hydrogen-bond donors (Lipinski definition) is 0. The zero-order valence-electron chi connectivity index (χ0n) is 12.8. The highest BCUT2D eigenvalue weighted by Gasteiger charge is 2.43. The molecule has 0 heterocycles. The summed E-state index contributed by atoms with van der Waals surface area (Å²) in [5, 5.41) is 0. The van der Waals surface area contributed by atoms with Gasteiger partial charge in [-0.2, -0.15) is 0 Å². The van der Waals surface area contributed by atoms with Crippen molar-refractivity contribution in [3.05, 3.63) is 70.8 Å². The highest BCUT2D eigenvalue weighted by Crippen LogP contribution is 2.49. The maximum absolute atomic E-state index is 12.5. The van der Waals surface area contributed by atoms with E-state index in [0.29, 0.717) is 11.7 Å². The smallest absolute Gasteiger partial charge is 0.166 e. The third kappa shape index (κ3) is 2.92. The van der Waals surface area contributed by atoms with Crippen LogP contribution in [0.1, 0.15) is 53.2 Å². The average Bonchev–Trinajstić information content (AvgIpc) is 3.35. The fourth-order valence-corrected chi connectivity index (χ4v) is 2.97. The Morgan fingerprint density at radius 3 is 1.95 bits per heavy atom. The van der Waals surface area contributed by atoms with Gasteiger partial charge < -0.3 is 0 Å². The monoisotopic (exact) mass is 278 g/mol. The average molecular weight is 278 g/mol. The van der Waals surface area contributed by atoms with Gasteiger partial charge in [0, 0.05) is 11.5 Å². The van der Waals surface area contributed by atoms with Crippen molar-refractivity contribution in [1.29, 1.82) is 0 Å². The zero-order valence-corrected chi connectivity index (χ0v) is 12.8. The first kappa shape index (κ1) is 14.1. The normalized spacial score (nSPS) is 20.3. The quantitative estimate of drug-likeness (QED) is 0.718. The van der Waals surface area contributed by atoms with Gasteiger partial charge in [-0.3, -0.25) is 4.79 Å². The summed E-state index contributed by atoms with van der Waals surface area (Å²) >= 11 is 0. The number of rotatable bonds is 5. The third-order valence-electron chi connectivity index (χ3n) is 4.59. The van der Waals surface area contributed by atoms with Crippen LogP contribution in [0.2, 0.25) is 0 Å². The molecule has 0 amide bonds. The summed E-state index contributed by atoms with van der Waals surface area (Å²) in [7, 11) is 0. The number of aryl methyl sites for hydroxylation is 2. The molecule has 1 fully saturated rings. The van der Waals surface area contributed by atoms with Crippen LogP contribution >= 0.6 is 0 Å². The molecule has 0 radical (unpaired) electrons. The van der Waals surface area contributed by atoms with Gasteiger partial charge in [-0.05, 0) is 41.9 Å². The minimum absolute atomic E-state index is 0.185. The van der Waals surface area contributed by atoms with Crippen LogP contribution in [0.3, 0.4) is 0 Å². The molecular weight excluding hydrogens is 256 g/mol. The van der Waals surface area contributed by atoms with E-state index in [-0.39, 0.29) is 5.92 Å². The number of benzene rings is 2. The molecule has 1 saturated carbocycles. The molecular formula is C20H22O. The Bertz CT molecular complexity index is 622. The standard InChI is InChI=1S/C20H22O/c1-3-14-5-9-16(10-6-14)18-13-19(18)20(21)17-11-7-15(4-2)8-12-17/h5-12,18-19H,3-4,13H2,1-2H3. The molecule has 2 aromatic rings. The zero-order chi connectivity index (χ0) is 14.8. The molecule has 0 N–H and O–H groups in total. The lowest BCUT2D eigenvalue weighted by Crippen LogP contribution is -2.03. The summed E-state index contributed by atoms with van der Waals surface area (Å²) in [6, 6.07) is 16.9. The summed E-state index contributed by atoms with van der Waals surface area (Å²) in [6.45, 7) is 4.30. The molecule has 2 aromatic carbocycles. The Morgan fingerprint density at radius 2 is 1.43 bits per heavy atom. The van der Waals surface area contributed by atoms with Crippen LogP contribution in [0.4, 0.5) is 0 Å². The number of hydrogen-bond acceptors (Lipinski definition) is 1. The van der Waals surface area contributed by atoms with Gasteiger partial charge in [0.15, 0.2) is 5.78 Å². The predicted molar refractivity (Wildman–Crippen MR) is 86.8 cm³/mol. The first-order chi connectivity index (χ1) is 10.2. The molecule has 1 heteroatoms.